The largest absolute Gasteiger partial charge is 0.341 e. The molecule has 0 bridgehead atoms. The van der Waals surface area contributed by atoms with E-state index in [0.717, 1.165) is 31.9 Å². The van der Waals surface area contributed by atoms with Gasteiger partial charge in [0.2, 0.25) is 15.9 Å². The zero-order chi connectivity index (χ0) is 14.0. The Kier molecular flexibility index (Phi) is 4.47. The molecule has 110 valence electrons. The van der Waals surface area contributed by atoms with E-state index >= 15 is 0 Å². The Bertz CT molecular complexity index is 434. The number of sulfonamides is 1. The summed E-state index contributed by atoms with van der Waals surface area (Å²) in [6.45, 7) is 1.17. The van der Waals surface area contributed by atoms with E-state index in [1.165, 1.54) is 0 Å². The van der Waals surface area contributed by atoms with Crippen molar-refractivity contribution in [1.82, 2.24) is 9.62 Å². The second kappa shape index (κ2) is 5.76. The molecule has 2 rings (SSSR count). The van der Waals surface area contributed by atoms with Gasteiger partial charge >= 0.3 is 0 Å². The predicted molar refractivity (Wildman–Crippen MR) is 72.9 cm³/mol. The van der Waals surface area contributed by atoms with E-state index in [2.05, 4.69) is 4.72 Å². The van der Waals surface area contributed by atoms with Crippen molar-refractivity contribution in [2.24, 2.45) is 11.7 Å². The number of likely N-dealkylation sites (tertiary alicyclic amines) is 1. The van der Waals surface area contributed by atoms with Crippen LogP contribution < -0.4 is 10.5 Å². The third-order valence-corrected chi connectivity index (χ3v) is 4.55. The highest BCUT2D eigenvalue weighted by atomic mass is 32.2. The lowest BCUT2D eigenvalue weighted by Gasteiger charge is -2.33. The maximum absolute atomic E-state index is 12.1. The Labute approximate surface area is 114 Å². The summed E-state index contributed by atoms with van der Waals surface area (Å²) in [7, 11) is -3.21. The van der Waals surface area contributed by atoms with Crippen LogP contribution in [-0.4, -0.2) is 50.7 Å². The second-order valence-corrected chi connectivity index (χ2v) is 7.55. The smallest absolute Gasteiger partial charge is 0.224 e. The molecule has 2 fully saturated rings. The molecule has 2 atom stereocenters. The molecule has 1 saturated carbocycles. The van der Waals surface area contributed by atoms with Crippen LogP contribution in [0.15, 0.2) is 0 Å². The number of hydrogen-bond donors (Lipinski definition) is 2. The zero-order valence-corrected chi connectivity index (χ0v) is 12.2. The van der Waals surface area contributed by atoms with Crippen molar-refractivity contribution in [3.8, 4) is 0 Å². The van der Waals surface area contributed by atoms with Crippen molar-refractivity contribution in [2.75, 3.05) is 19.3 Å². The van der Waals surface area contributed by atoms with Crippen LogP contribution in [0.5, 0.6) is 0 Å². The van der Waals surface area contributed by atoms with Crippen LogP contribution in [0, 0.1) is 5.92 Å². The molecule has 2 aliphatic rings. The summed E-state index contributed by atoms with van der Waals surface area (Å²) < 4.78 is 25.0. The van der Waals surface area contributed by atoms with Gasteiger partial charge in [-0.1, -0.05) is 0 Å². The Morgan fingerprint density at radius 3 is 2.68 bits per heavy atom. The van der Waals surface area contributed by atoms with Crippen molar-refractivity contribution in [1.29, 1.82) is 0 Å². The highest BCUT2D eigenvalue weighted by molar-refractivity contribution is 7.88. The lowest BCUT2D eigenvalue weighted by atomic mass is 10.0. The number of rotatable bonds is 5. The summed E-state index contributed by atoms with van der Waals surface area (Å²) in [5, 5.41) is 0. The number of nitrogens with zero attached hydrogens (tertiary/aromatic N) is 1. The molecular formula is C12H23N3O3S. The molecule has 6 nitrogen and oxygen atoms in total. The molecule has 1 heterocycles. The normalized spacial score (nSPS) is 26.2. The van der Waals surface area contributed by atoms with E-state index in [9.17, 15) is 13.2 Å². The highest BCUT2D eigenvalue weighted by Gasteiger charge is 2.32. The van der Waals surface area contributed by atoms with Gasteiger partial charge in [0.25, 0.3) is 0 Å². The van der Waals surface area contributed by atoms with Gasteiger partial charge in [-0.3, -0.25) is 4.79 Å². The molecule has 19 heavy (non-hydrogen) atoms. The first-order chi connectivity index (χ1) is 8.85. The van der Waals surface area contributed by atoms with Gasteiger partial charge in [-0.25, -0.2) is 13.1 Å². The van der Waals surface area contributed by atoms with Crippen LogP contribution in [0.3, 0.4) is 0 Å². The number of carbonyl (C=O) groups excluding carboxylic acids is 1. The van der Waals surface area contributed by atoms with Gasteiger partial charge in [0, 0.05) is 31.6 Å². The number of amides is 1. The van der Waals surface area contributed by atoms with Gasteiger partial charge in [0.05, 0.1) is 6.26 Å². The van der Waals surface area contributed by atoms with Crippen LogP contribution in [0.2, 0.25) is 0 Å². The average molecular weight is 289 g/mol. The number of hydrogen-bond acceptors (Lipinski definition) is 4. The van der Waals surface area contributed by atoms with Gasteiger partial charge in [-0.05, 0) is 31.6 Å². The fourth-order valence-corrected chi connectivity index (χ4v) is 3.42. The van der Waals surface area contributed by atoms with Crippen molar-refractivity contribution in [3.63, 3.8) is 0 Å². The van der Waals surface area contributed by atoms with Crippen LogP contribution in [-0.2, 0) is 14.8 Å². The lowest BCUT2D eigenvalue weighted by molar-refractivity contribution is -0.132. The first-order valence-electron chi connectivity index (χ1n) is 6.86. The van der Waals surface area contributed by atoms with Gasteiger partial charge in [-0.2, -0.15) is 0 Å². The monoisotopic (exact) mass is 289 g/mol. The molecule has 0 aromatic carbocycles. The SMILES string of the molecule is CS(=O)(=O)NC1CCCN(C(=O)CC(N)C2CC2)C1. The van der Waals surface area contributed by atoms with Crippen molar-refractivity contribution >= 4 is 15.9 Å². The van der Waals surface area contributed by atoms with Crippen LogP contribution in [0.1, 0.15) is 32.1 Å². The maximum Gasteiger partial charge on any atom is 0.224 e. The highest BCUT2D eigenvalue weighted by Crippen LogP contribution is 2.33. The van der Waals surface area contributed by atoms with Crippen molar-refractivity contribution in [3.05, 3.63) is 0 Å². The van der Waals surface area contributed by atoms with Gasteiger partial charge in [-0.15, -0.1) is 0 Å². The Morgan fingerprint density at radius 1 is 1.42 bits per heavy atom. The summed E-state index contributed by atoms with van der Waals surface area (Å²) in [5.74, 6) is 0.568. The first kappa shape index (κ1) is 14.7. The molecule has 0 radical (unpaired) electrons. The van der Waals surface area contributed by atoms with Crippen LogP contribution in [0.4, 0.5) is 0 Å². The topological polar surface area (TPSA) is 92.5 Å². The number of nitrogens with two attached hydrogens (primary N) is 1. The quantitative estimate of drug-likeness (QED) is 0.724. The number of nitrogens with one attached hydrogen (secondary N) is 1. The van der Waals surface area contributed by atoms with Crippen molar-refractivity contribution in [2.45, 2.75) is 44.2 Å². The van der Waals surface area contributed by atoms with Crippen molar-refractivity contribution < 1.29 is 13.2 Å². The third kappa shape index (κ3) is 4.74. The molecule has 7 heteroatoms. The standard InChI is InChI=1S/C12H23N3O3S/c1-19(17,18)14-10-3-2-6-15(8-10)12(16)7-11(13)9-4-5-9/h9-11,14H,2-8,13H2,1H3. The van der Waals surface area contributed by atoms with E-state index in [0.29, 0.717) is 25.4 Å². The van der Waals surface area contributed by atoms with E-state index in [-0.39, 0.29) is 18.0 Å². The van der Waals surface area contributed by atoms with Gasteiger partial charge < -0.3 is 10.6 Å². The summed E-state index contributed by atoms with van der Waals surface area (Å²) in [4.78, 5) is 13.9. The molecule has 1 saturated heterocycles. The fraction of sp³-hybridized carbons (Fsp3) is 0.917. The summed E-state index contributed by atoms with van der Waals surface area (Å²) in [6, 6.07) is -0.194. The average Bonchev–Trinajstić information content (AvgIpc) is 3.10. The van der Waals surface area contributed by atoms with E-state index in [1.54, 1.807) is 4.90 Å². The summed E-state index contributed by atoms with van der Waals surface area (Å²) in [6.07, 6.45) is 5.41. The predicted octanol–water partition coefficient (Wildman–Crippen LogP) is -0.346. The van der Waals surface area contributed by atoms with E-state index in [4.69, 9.17) is 5.73 Å². The minimum atomic E-state index is -3.21. The van der Waals surface area contributed by atoms with E-state index < -0.39 is 10.0 Å². The molecule has 3 N–H and O–H groups in total. The van der Waals surface area contributed by atoms with Crippen LogP contribution in [0.25, 0.3) is 0 Å². The summed E-state index contributed by atoms with van der Waals surface area (Å²) >= 11 is 0. The zero-order valence-electron chi connectivity index (χ0n) is 11.3. The fourth-order valence-electron chi connectivity index (χ4n) is 2.62. The minimum absolute atomic E-state index is 0.0317. The first-order valence-corrected chi connectivity index (χ1v) is 8.75. The van der Waals surface area contributed by atoms with Gasteiger partial charge in [0.1, 0.15) is 0 Å². The van der Waals surface area contributed by atoms with Gasteiger partial charge in [0.15, 0.2) is 0 Å². The van der Waals surface area contributed by atoms with Crippen LogP contribution >= 0.6 is 0 Å². The lowest BCUT2D eigenvalue weighted by Crippen LogP contribution is -2.50. The molecule has 1 aliphatic heterocycles. The maximum atomic E-state index is 12.1. The summed E-state index contributed by atoms with van der Waals surface area (Å²) in [5.41, 5.74) is 5.96. The molecule has 1 aliphatic carbocycles. The molecule has 0 spiro atoms. The Morgan fingerprint density at radius 2 is 2.11 bits per heavy atom. The third-order valence-electron chi connectivity index (χ3n) is 3.79. The minimum Gasteiger partial charge on any atom is -0.341 e. The molecule has 0 aromatic heterocycles. The molecule has 0 aromatic rings. The molecule has 2 unspecified atom stereocenters. The Hall–Kier alpha value is -0.660. The second-order valence-electron chi connectivity index (χ2n) is 5.77. The molecular weight excluding hydrogens is 266 g/mol. The Balaban J connectivity index is 1.84. The number of carbonyl (C=O) groups is 1. The number of piperidine rings is 1. The van der Waals surface area contributed by atoms with E-state index in [1.807, 2.05) is 0 Å². The molecule has 1 amide bonds.